The van der Waals surface area contributed by atoms with Crippen LogP contribution in [0.1, 0.15) is 25.7 Å². The Hall–Kier alpha value is -0.710. The highest BCUT2D eigenvalue weighted by Gasteiger charge is 2.14. The van der Waals surface area contributed by atoms with Crippen molar-refractivity contribution >= 4 is 34.2 Å². The van der Waals surface area contributed by atoms with Gasteiger partial charge in [0, 0.05) is 16.4 Å². The number of rotatable bonds is 0. The van der Waals surface area contributed by atoms with E-state index in [-0.39, 0.29) is 18.0 Å². The van der Waals surface area contributed by atoms with Crippen molar-refractivity contribution in [2.24, 2.45) is 0 Å². The van der Waals surface area contributed by atoms with Gasteiger partial charge in [0.15, 0.2) is 0 Å². The van der Waals surface area contributed by atoms with Crippen LogP contribution in [0.15, 0.2) is 30.3 Å². The molecule has 2 rings (SSSR count). The molecule has 1 aromatic rings. The number of carbonyl (C=O) groups excluding carboxylic acids is 2. The summed E-state index contributed by atoms with van der Waals surface area (Å²) in [6.45, 7) is 0. The van der Waals surface area contributed by atoms with Gasteiger partial charge in [-0.2, -0.15) is 0 Å². The van der Waals surface area contributed by atoms with E-state index >= 15 is 0 Å². The maximum Gasteiger partial charge on any atom is 0.140 e. The van der Waals surface area contributed by atoms with E-state index in [1.54, 1.807) is 0 Å². The standard InChI is InChI=1S/C6H5I.C6H8O2/c7-6-4-2-1-3-5-6;7-5-2-1-3-6(8)4-5/h1-5H;1-4H2. The summed E-state index contributed by atoms with van der Waals surface area (Å²) >= 11 is 2.28. The van der Waals surface area contributed by atoms with E-state index in [2.05, 4.69) is 34.7 Å². The molecule has 0 aromatic heterocycles. The van der Waals surface area contributed by atoms with Crippen LogP contribution in [0, 0.1) is 3.57 Å². The van der Waals surface area contributed by atoms with Gasteiger partial charge in [-0.3, -0.25) is 9.59 Å². The second kappa shape index (κ2) is 6.71. The normalized spacial score (nSPS) is 15.5. The summed E-state index contributed by atoms with van der Waals surface area (Å²) in [6, 6.07) is 10.2. The highest BCUT2D eigenvalue weighted by molar-refractivity contribution is 14.1. The summed E-state index contributed by atoms with van der Waals surface area (Å²) in [5.41, 5.74) is 0. The van der Waals surface area contributed by atoms with Gasteiger partial charge in [-0.25, -0.2) is 0 Å². The number of benzene rings is 1. The van der Waals surface area contributed by atoms with Gasteiger partial charge in [-0.15, -0.1) is 0 Å². The first-order valence-corrected chi connectivity index (χ1v) is 6.00. The summed E-state index contributed by atoms with van der Waals surface area (Å²) in [5, 5.41) is 0. The van der Waals surface area contributed by atoms with Gasteiger partial charge >= 0.3 is 0 Å². The van der Waals surface area contributed by atoms with Gasteiger partial charge in [0.2, 0.25) is 0 Å². The second-order valence-corrected chi connectivity index (χ2v) is 4.65. The number of Topliss-reactive ketones (excluding diaryl/α,β-unsaturated/α-hetero) is 2. The predicted octanol–water partition coefficient (Wildman–Crippen LogP) is 2.99. The third-order valence-corrected chi connectivity index (χ3v) is 2.76. The van der Waals surface area contributed by atoms with Crippen LogP contribution in [0.4, 0.5) is 0 Å². The molecule has 1 aromatic carbocycles. The zero-order valence-electron chi connectivity index (χ0n) is 8.41. The molecule has 0 bridgehead atoms. The molecule has 0 atom stereocenters. The van der Waals surface area contributed by atoms with Crippen molar-refractivity contribution in [3.8, 4) is 0 Å². The molecule has 0 N–H and O–H groups in total. The van der Waals surface area contributed by atoms with Crippen LogP contribution in [0.2, 0.25) is 0 Å². The van der Waals surface area contributed by atoms with E-state index in [4.69, 9.17) is 0 Å². The molecule has 80 valence electrons. The topological polar surface area (TPSA) is 34.1 Å². The minimum atomic E-state index is 0.112. The molecule has 0 spiro atoms. The average molecular weight is 316 g/mol. The average Bonchev–Trinajstić information content (AvgIpc) is 2.19. The van der Waals surface area contributed by atoms with Crippen LogP contribution in [-0.2, 0) is 9.59 Å². The molecule has 1 saturated carbocycles. The zero-order chi connectivity index (χ0) is 11.1. The third-order valence-electron chi connectivity index (χ3n) is 2.04. The van der Waals surface area contributed by atoms with Gasteiger partial charge in [0.05, 0.1) is 6.42 Å². The smallest absolute Gasteiger partial charge is 0.140 e. The molecule has 0 unspecified atom stereocenters. The van der Waals surface area contributed by atoms with Gasteiger partial charge in [-0.1, -0.05) is 18.2 Å². The first-order valence-electron chi connectivity index (χ1n) is 4.92. The largest absolute Gasteiger partial charge is 0.299 e. The van der Waals surface area contributed by atoms with Crippen LogP contribution in [0.5, 0.6) is 0 Å². The van der Waals surface area contributed by atoms with E-state index < -0.39 is 0 Å². The number of hydrogen-bond acceptors (Lipinski definition) is 2. The van der Waals surface area contributed by atoms with Crippen LogP contribution < -0.4 is 0 Å². The van der Waals surface area contributed by atoms with Crippen molar-refractivity contribution in [3.63, 3.8) is 0 Å². The SMILES string of the molecule is Ic1ccccc1.O=C1CCCC(=O)C1. The lowest BCUT2D eigenvalue weighted by Crippen LogP contribution is -2.13. The molecule has 0 aliphatic heterocycles. The Morgan fingerprint density at radius 1 is 0.933 bits per heavy atom. The first kappa shape index (κ1) is 12.4. The predicted molar refractivity (Wildman–Crippen MR) is 67.6 cm³/mol. The quantitative estimate of drug-likeness (QED) is 0.545. The molecule has 15 heavy (non-hydrogen) atoms. The van der Waals surface area contributed by atoms with Gasteiger partial charge in [0.25, 0.3) is 0 Å². The minimum Gasteiger partial charge on any atom is -0.299 e. The molecular weight excluding hydrogens is 303 g/mol. The van der Waals surface area contributed by atoms with E-state index in [1.807, 2.05) is 18.2 Å². The van der Waals surface area contributed by atoms with Crippen LogP contribution in [0.25, 0.3) is 0 Å². The number of ketones is 2. The molecule has 0 heterocycles. The van der Waals surface area contributed by atoms with Crippen LogP contribution in [0.3, 0.4) is 0 Å². The van der Waals surface area contributed by atoms with Crippen molar-refractivity contribution in [2.75, 3.05) is 0 Å². The van der Waals surface area contributed by atoms with E-state index in [1.165, 1.54) is 3.57 Å². The zero-order valence-corrected chi connectivity index (χ0v) is 10.6. The number of halogens is 1. The molecule has 3 heteroatoms. The summed E-state index contributed by atoms with van der Waals surface area (Å²) < 4.78 is 1.29. The van der Waals surface area contributed by atoms with Crippen molar-refractivity contribution in [1.29, 1.82) is 0 Å². The monoisotopic (exact) mass is 316 g/mol. The lowest BCUT2D eigenvalue weighted by molar-refractivity contribution is -0.129. The fraction of sp³-hybridized carbons (Fsp3) is 0.333. The van der Waals surface area contributed by atoms with Gasteiger partial charge < -0.3 is 0 Å². The van der Waals surface area contributed by atoms with Crippen LogP contribution >= 0.6 is 22.6 Å². The molecule has 2 nitrogen and oxygen atoms in total. The number of hydrogen-bond donors (Lipinski definition) is 0. The van der Waals surface area contributed by atoms with E-state index in [9.17, 15) is 9.59 Å². The van der Waals surface area contributed by atoms with Crippen LogP contribution in [-0.4, -0.2) is 11.6 Å². The highest BCUT2D eigenvalue weighted by atomic mass is 127. The molecule has 0 radical (unpaired) electrons. The molecule has 1 fully saturated rings. The van der Waals surface area contributed by atoms with Crippen molar-refractivity contribution in [1.82, 2.24) is 0 Å². The van der Waals surface area contributed by atoms with Gasteiger partial charge in [-0.05, 0) is 41.1 Å². The summed E-state index contributed by atoms with van der Waals surface area (Å²) in [5.74, 6) is 0.225. The first-order chi connectivity index (χ1) is 7.18. The van der Waals surface area contributed by atoms with E-state index in [0.29, 0.717) is 12.8 Å². The molecule has 0 saturated heterocycles. The summed E-state index contributed by atoms with van der Waals surface area (Å²) in [7, 11) is 0. The fourth-order valence-electron chi connectivity index (χ4n) is 1.29. The van der Waals surface area contributed by atoms with Crippen molar-refractivity contribution < 1.29 is 9.59 Å². The highest BCUT2D eigenvalue weighted by Crippen LogP contribution is 2.09. The Morgan fingerprint density at radius 3 is 1.73 bits per heavy atom. The Bertz CT molecular complexity index is 319. The Morgan fingerprint density at radius 2 is 1.47 bits per heavy atom. The lowest BCUT2D eigenvalue weighted by atomic mass is 9.98. The second-order valence-electron chi connectivity index (χ2n) is 3.40. The summed E-state index contributed by atoms with van der Waals surface area (Å²) in [4.78, 5) is 20.9. The Balaban J connectivity index is 0.000000151. The third kappa shape index (κ3) is 5.67. The molecule has 1 aliphatic carbocycles. The lowest BCUT2D eigenvalue weighted by Gasteiger charge is -2.04. The van der Waals surface area contributed by atoms with Crippen molar-refractivity contribution in [3.05, 3.63) is 33.9 Å². The Labute approximate surface area is 103 Å². The summed E-state index contributed by atoms with van der Waals surface area (Å²) in [6.07, 6.45) is 2.20. The Kier molecular flexibility index (Phi) is 5.53. The van der Waals surface area contributed by atoms with Crippen molar-refractivity contribution in [2.45, 2.75) is 25.7 Å². The minimum absolute atomic E-state index is 0.112. The molecular formula is C12H13IO2. The maximum atomic E-state index is 10.5. The molecule has 0 amide bonds. The number of carbonyl (C=O) groups is 2. The fourth-order valence-corrected chi connectivity index (χ4v) is 1.71. The molecule has 1 aliphatic rings. The van der Waals surface area contributed by atoms with Gasteiger partial charge in [0.1, 0.15) is 11.6 Å². The van der Waals surface area contributed by atoms with E-state index in [0.717, 1.165) is 6.42 Å². The maximum absolute atomic E-state index is 10.5.